The summed E-state index contributed by atoms with van der Waals surface area (Å²) in [5, 5.41) is 8.70. The van der Waals surface area contributed by atoms with Crippen LogP contribution in [0.4, 0.5) is 0 Å². The molecule has 0 spiro atoms. The fraction of sp³-hybridized carbons (Fsp3) is 0. The van der Waals surface area contributed by atoms with Crippen LogP contribution in [0.1, 0.15) is 16.1 Å². The van der Waals surface area contributed by atoms with Gasteiger partial charge in [-0.2, -0.15) is 0 Å². The van der Waals surface area contributed by atoms with Gasteiger partial charge in [-0.25, -0.2) is 9.78 Å². The smallest absolute Gasteiger partial charge is 0.354 e. The van der Waals surface area contributed by atoms with Gasteiger partial charge in [0.1, 0.15) is 10.2 Å². The maximum absolute atomic E-state index is 10.5. The second-order valence-electron chi connectivity index (χ2n) is 2.31. The highest BCUT2D eigenvalue weighted by atomic mass is 35.5. The highest BCUT2D eigenvalue weighted by Crippen LogP contribution is 2.27. The molecule has 0 aliphatic rings. The molecule has 0 fully saturated rings. The van der Waals surface area contributed by atoms with Crippen LogP contribution in [0, 0.1) is 0 Å². The molecule has 6 heteroatoms. The van der Waals surface area contributed by atoms with Crippen molar-refractivity contribution >= 4 is 45.8 Å². The number of hydrogen-bond donors (Lipinski definition) is 1. The van der Waals surface area contributed by atoms with E-state index in [-0.39, 0.29) is 15.2 Å². The first kappa shape index (κ1) is 11.3. The molecule has 74 valence electrons. The predicted octanol–water partition coefficient (Wildman–Crippen LogP) is 3.12. The third-order valence-electron chi connectivity index (χ3n) is 1.40. The minimum atomic E-state index is -1.10. The topological polar surface area (TPSA) is 50.2 Å². The van der Waals surface area contributed by atoms with E-state index < -0.39 is 5.97 Å². The normalized spacial score (nSPS) is 9.64. The highest BCUT2D eigenvalue weighted by Gasteiger charge is 2.07. The number of carbonyl (C=O) groups is 1. The second-order valence-corrected chi connectivity index (χ2v) is 3.64. The summed E-state index contributed by atoms with van der Waals surface area (Å²) in [5.41, 5.74) is 0.403. The molecule has 0 saturated carbocycles. The summed E-state index contributed by atoms with van der Waals surface area (Å²) < 4.78 is -0.0865. The van der Waals surface area contributed by atoms with E-state index in [4.69, 9.17) is 39.9 Å². The van der Waals surface area contributed by atoms with E-state index in [0.717, 1.165) is 0 Å². The van der Waals surface area contributed by atoms with Crippen LogP contribution in [0.15, 0.2) is 22.8 Å². The number of aromatic nitrogens is 1. The standard InChI is InChI=1S/C8H4Cl3NO2/c9-6(7(10)11)4-1-2-5(8(13)14)12-3-4/h1-3H,(H,13,14). The summed E-state index contributed by atoms with van der Waals surface area (Å²) in [7, 11) is 0. The average Bonchev–Trinajstić information content (AvgIpc) is 2.16. The minimum absolute atomic E-state index is 0.0658. The minimum Gasteiger partial charge on any atom is -0.477 e. The molecule has 3 nitrogen and oxygen atoms in total. The Kier molecular flexibility index (Phi) is 3.75. The molecule has 0 aromatic carbocycles. The zero-order chi connectivity index (χ0) is 10.7. The molecule has 1 aromatic rings. The van der Waals surface area contributed by atoms with Gasteiger partial charge in [0, 0.05) is 11.8 Å². The molecule has 1 aromatic heterocycles. The van der Waals surface area contributed by atoms with Gasteiger partial charge < -0.3 is 5.11 Å². The van der Waals surface area contributed by atoms with Crippen molar-refractivity contribution in [2.75, 3.05) is 0 Å². The first-order valence-corrected chi connectivity index (χ1v) is 4.56. The molecule has 1 rings (SSSR count). The van der Waals surface area contributed by atoms with Gasteiger partial charge in [-0.1, -0.05) is 34.8 Å². The first-order valence-electron chi connectivity index (χ1n) is 3.43. The first-order chi connectivity index (χ1) is 6.52. The summed E-state index contributed by atoms with van der Waals surface area (Å²) in [6.07, 6.45) is 1.29. The molecule has 0 amide bonds. The molecule has 0 aliphatic carbocycles. The van der Waals surface area contributed by atoms with E-state index in [1.807, 2.05) is 0 Å². The van der Waals surface area contributed by atoms with Crippen molar-refractivity contribution in [3.8, 4) is 0 Å². The molecule has 0 radical (unpaired) electrons. The number of halogens is 3. The predicted molar refractivity (Wildman–Crippen MR) is 55.7 cm³/mol. The molecule has 0 aliphatic heterocycles. The van der Waals surface area contributed by atoms with Crippen molar-refractivity contribution in [3.63, 3.8) is 0 Å². The van der Waals surface area contributed by atoms with Crippen molar-refractivity contribution in [1.29, 1.82) is 0 Å². The number of pyridine rings is 1. The third-order valence-corrected chi connectivity index (χ3v) is 2.38. The number of rotatable bonds is 2. The van der Waals surface area contributed by atoms with Crippen LogP contribution in [-0.2, 0) is 0 Å². The fourth-order valence-electron chi connectivity index (χ4n) is 0.759. The molecule has 0 unspecified atom stereocenters. The zero-order valence-corrected chi connectivity index (χ0v) is 8.94. The van der Waals surface area contributed by atoms with E-state index in [1.165, 1.54) is 18.3 Å². The Morgan fingerprint density at radius 2 is 1.93 bits per heavy atom. The van der Waals surface area contributed by atoms with Crippen LogP contribution in [0.3, 0.4) is 0 Å². The Labute approximate surface area is 94.9 Å². The maximum Gasteiger partial charge on any atom is 0.354 e. The molecular formula is C8H4Cl3NO2. The highest BCUT2D eigenvalue weighted by molar-refractivity contribution is 6.66. The van der Waals surface area contributed by atoms with Gasteiger partial charge in [0.25, 0.3) is 0 Å². The summed E-state index contributed by atoms with van der Waals surface area (Å²) in [6.45, 7) is 0. The van der Waals surface area contributed by atoms with Gasteiger partial charge in [-0.15, -0.1) is 0 Å². The molecule has 0 saturated heterocycles. The lowest BCUT2D eigenvalue weighted by molar-refractivity contribution is 0.0690. The van der Waals surface area contributed by atoms with E-state index in [0.29, 0.717) is 5.56 Å². The van der Waals surface area contributed by atoms with E-state index in [2.05, 4.69) is 4.98 Å². The summed E-state index contributed by atoms with van der Waals surface area (Å²) in [5.74, 6) is -1.10. The molecule has 0 bridgehead atoms. The Balaban J connectivity index is 3.06. The molecular weight excluding hydrogens is 248 g/mol. The Morgan fingerprint density at radius 3 is 2.29 bits per heavy atom. The molecule has 14 heavy (non-hydrogen) atoms. The Bertz CT molecular complexity index is 382. The number of carboxylic acids is 1. The lowest BCUT2D eigenvalue weighted by atomic mass is 10.2. The van der Waals surface area contributed by atoms with Crippen molar-refractivity contribution in [2.24, 2.45) is 0 Å². The van der Waals surface area contributed by atoms with Gasteiger partial charge in [0.15, 0.2) is 0 Å². The van der Waals surface area contributed by atoms with E-state index >= 15 is 0 Å². The van der Waals surface area contributed by atoms with Crippen LogP contribution >= 0.6 is 34.8 Å². The van der Waals surface area contributed by atoms with E-state index in [1.54, 1.807) is 0 Å². The molecule has 1 N–H and O–H groups in total. The van der Waals surface area contributed by atoms with Gasteiger partial charge in [-0.3, -0.25) is 0 Å². The van der Waals surface area contributed by atoms with Crippen LogP contribution in [0.2, 0.25) is 0 Å². The third kappa shape index (κ3) is 2.61. The quantitative estimate of drug-likeness (QED) is 0.880. The van der Waals surface area contributed by atoms with Gasteiger partial charge >= 0.3 is 5.97 Å². The maximum atomic E-state index is 10.5. The Hall–Kier alpha value is -0.770. The number of nitrogens with zero attached hydrogens (tertiary/aromatic N) is 1. The average molecular weight is 252 g/mol. The van der Waals surface area contributed by atoms with Gasteiger partial charge in [0.2, 0.25) is 0 Å². The van der Waals surface area contributed by atoms with Gasteiger partial charge in [-0.05, 0) is 12.1 Å². The lowest BCUT2D eigenvalue weighted by Gasteiger charge is -1.99. The van der Waals surface area contributed by atoms with Crippen molar-refractivity contribution in [3.05, 3.63) is 34.1 Å². The molecule has 1 heterocycles. The lowest BCUT2D eigenvalue weighted by Crippen LogP contribution is -1.99. The van der Waals surface area contributed by atoms with Gasteiger partial charge in [0.05, 0.1) is 5.03 Å². The second kappa shape index (κ2) is 4.64. The van der Waals surface area contributed by atoms with Crippen molar-refractivity contribution in [1.82, 2.24) is 4.98 Å². The zero-order valence-electron chi connectivity index (χ0n) is 6.67. The number of aromatic carboxylic acids is 1. The summed E-state index contributed by atoms with van der Waals surface area (Å²) in [6, 6.07) is 2.79. The van der Waals surface area contributed by atoms with E-state index in [9.17, 15) is 4.79 Å². The van der Waals surface area contributed by atoms with Crippen LogP contribution in [0.25, 0.3) is 5.03 Å². The number of carboxylic acid groups (broad SMARTS) is 1. The Morgan fingerprint density at radius 1 is 1.29 bits per heavy atom. The monoisotopic (exact) mass is 251 g/mol. The number of hydrogen-bond acceptors (Lipinski definition) is 2. The van der Waals surface area contributed by atoms with Crippen LogP contribution in [0.5, 0.6) is 0 Å². The molecule has 0 atom stereocenters. The van der Waals surface area contributed by atoms with Crippen LogP contribution in [-0.4, -0.2) is 16.1 Å². The summed E-state index contributed by atoms with van der Waals surface area (Å²) in [4.78, 5) is 14.1. The SMILES string of the molecule is O=C(O)c1ccc(C(Cl)=C(Cl)Cl)cn1. The fourth-order valence-corrected chi connectivity index (χ4v) is 1.09. The largest absolute Gasteiger partial charge is 0.477 e. The van der Waals surface area contributed by atoms with Crippen LogP contribution < -0.4 is 0 Å². The van der Waals surface area contributed by atoms with Crippen molar-refractivity contribution < 1.29 is 9.90 Å². The van der Waals surface area contributed by atoms with Crippen molar-refractivity contribution in [2.45, 2.75) is 0 Å². The summed E-state index contributed by atoms with van der Waals surface area (Å²) >= 11 is 16.6.